The largest absolute Gasteiger partial charge is 0.486 e. The summed E-state index contributed by atoms with van der Waals surface area (Å²) in [7, 11) is 0. The molecule has 0 amide bonds. The van der Waals surface area contributed by atoms with E-state index in [4.69, 9.17) is 21.1 Å². The smallest absolute Gasteiger partial charge is 0.331 e. The van der Waals surface area contributed by atoms with Gasteiger partial charge in [0, 0.05) is 34.5 Å². The highest BCUT2D eigenvalue weighted by Crippen LogP contribution is 2.36. The maximum atomic E-state index is 13.8. The zero-order chi connectivity index (χ0) is 25.1. The second-order valence-electron chi connectivity index (χ2n) is 8.26. The number of ketones is 1. The van der Waals surface area contributed by atoms with Crippen LogP contribution in [-0.2, 0) is 11.2 Å². The number of nitrogens with zero attached hydrogens (tertiary/aromatic N) is 1. The molecule has 2 heterocycles. The number of fused-ring (bicyclic) bond motifs is 1. The van der Waals surface area contributed by atoms with Gasteiger partial charge >= 0.3 is 5.97 Å². The highest BCUT2D eigenvalue weighted by Gasteiger charge is 2.24. The third-order valence-electron chi connectivity index (χ3n) is 5.89. The van der Waals surface area contributed by atoms with Gasteiger partial charge in [0.15, 0.2) is 17.3 Å². The zero-order valence-corrected chi connectivity index (χ0v) is 19.9. The van der Waals surface area contributed by atoms with Gasteiger partial charge in [-0.1, -0.05) is 48.0 Å². The molecule has 3 aromatic carbocycles. The average Bonchev–Trinajstić information content (AvgIpc) is 3.36. The molecular formula is C29H22ClNO5. The minimum absolute atomic E-state index is 0.227. The number of ether oxygens (including phenoxy) is 2. The van der Waals surface area contributed by atoms with Crippen molar-refractivity contribution in [3.8, 4) is 17.2 Å². The first kappa shape index (κ1) is 23.5. The van der Waals surface area contributed by atoms with Crippen LogP contribution in [0.5, 0.6) is 11.5 Å². The van der Waals surface area contributed by atoms with Crippen LogP contribution in [0, 0.1) is 0 Å². The summed E-state index contributed by atoms with van der Waals surface area (Å²) in [5.74, 6) is -0.358. The summed E-state index contributed by atoms with van der Waals surface area (Å²) in [6, 6.07) is 23.3. The van der Waals surface area contributed by atoms with Crippen LogP contribution in [0.25, 0.3) is 11.8 Å². The van der Waals surface area contributed by atoms with E-state index in [9.17, 15) is 14.7 Å². The Morgan fingerprint density at radius 1 is 0.917 bits per heavy atom. The number of carbonyl (C=O) groups excluding carboxylic acids is 1. The topological polar surface area (TPSA) is 77.8 Å². The van der Waals surface area contributed by atoms with E-state index in [0.29, 0.717) is 52.2 Å². The van der Waals surface area contributed by atoms with Crippen molar-refractivity contribution in [2.24, 2.45) is 0 Å². The second kappa shape index (κ2) is 10.1. The molecule has 6 nitrogen and oxygen atoms in total. The summed E-state index contributed by atoms with van der Waals surface area (Å²) in [4.78, 5) is 25.8. The van der Waals surface area contributed by atoms with Crippen molar-refractivity contribution < 1.29 is 24.2 Å². The lowest BCUT2D eigenvalue weighted by Crippen LogP contribution is -2.18. The molecule has 5 rings (SSSR count). The summed E-state index contributed by atoms with van der Waals surface area (Å²) in [6.45, 7) is 0.770. The Balaban J connectivity index is 1.57. The fourth-order valence-corrected chi connectivity index (χ4v) is 4.38. The van der Waals surface area contributed by atoms with Crippen LogP contribution in [-0.4, -0.2) is 34.6 Å². The summed E-state index contributed by atoms with van der Waals surface area (Å²) >= 11 is 6.30. The Kier molecular flexibility index (Phi) is 6.60. The molecule has 7 heteroatoms. The van der Waals surface area contributed by atoms with Gasteiger partial charge in [-0.2, -0.15) is 0 Å². The molecule has 0 saturated heterocycles. The van der Waals surface area contributed by atoms with Gasteiger partial charge < -0.3 is 19.1 Å². The van der Waals surface area contributed by atoms with Crippen LogP contribution in [0.15, 0.2) is 90.6 Å². The number of carboxylic acids is 1. The standard InChI is InChI=1S/C29H22ClNO5/c30-21-11-12-25(24(18-21)27(32)23-9-4-10-26-28(23)36-15-14-35-26)31-13-5-8-22(31)17-20(29(33)34)16-19-6-2-1-3-7-19/h1-13,17-18H,14-16H2,(H,33,34). The van der Waals surface area contributed by atoms with Crippen LogP contribution < -0.4 is 9.47 Å². The van der Waals surface area contributed by atoms with Gasteiger partial charge in [-0.3, -0.25) is 4.79 Å². The van der Waals surface area contributed by atoms with E-state index in [1.807, 2.05) is 30.3 Å². The molecule has 0 unspecified atom stereocenters. The Bertz CT molecular complexity index is 1470. The fraction of sp³-hybridized carbons (Fsp3) is 0.103. The molecule has 1 N–H and O–H groups in total. The van der Waals surface area contributed by atoms with Crippen molar-refractivity contribution in [2.75, 3.05) is 13.2 Å². The first-order valence-electron chi connectivity index (χ1n) is 11.4. The molecular weight excluding hydrogens is 478 g/mol. The highest BCUT2D eigenvalue weighted by atomic mass is 35.5. The molecule has 1 aliphatic heterocycles. The molecule has 4 aromatic rings. The first-order valence-corrected chi connectivity index (χ1v) is 11.8. The molecule has 0 saturated carbocycles. The molecule has 0 atom stereocenters. The van der Waals surface area contributed by atoms with Gasteiger partial charge in [0.25, 0.3) is 0 Å². The Morgan fingerprint density at radius 2 is 1.72 bits per heavy atom. The predicted octanol–water partition coefficient (Wildman–Crippen LogP) is 5.84. The number of aliphatic carboxylic acids is 1. The number of para-hydroxylation sites is 1. The number of carboxylic acid groups (broad SMARTS) is 1. The van der Waals surface area contributed by atoms with Gasteiger partial charge in [-0.15, -0.1) is 0 Å². The Hall–Kier alpha value is -4.29. The number of halogens is 1. The SMILES string of the molecule is O=C(O)C(=Cc1cccn1-c1ccc(Cl)cc1C(=O)c1cccc2c1OCCO2)Cc1ccccc1. The molecule has 1 aliphatic rings. The molecule has 0 bridgehead atoms. The summed E-state index contributed by atoms with van der Waals surface area (Å²) in [5.41, 5.74) is 3.04. The minimum atomic E-state index is -1.01. The summed E-state index contributed by atoms with van der Waals surface area (Å²) < 4.78 is 13.2. The van der Waals surface area contributed by atoms with Crippen molar-refractivity contribution in [2.45, 2.75) is 6.42 Å². The Labute approximate surface area is 213 Å². The second-order valence-corrected chi connectivity index (χ2v) is 8.70. The molecule has 180 valence electrons. The fourth-order valence-electron chi connectivity index (χ4n) is 4.21. The van der Waals surface area contributed by atoms with Crippen molar-refractivity contribution in [1.29, 1.82) is 0 Å². The van der Waals surface area contributed by atoms with Crippen LogP contribution in [0.1, 0.15) is 27.2 Å². The van der Waals surface area contributed by atoms with Crippen LogP contribution >= 0.6 is 11.6 Å². The lowest BCUT2D eigenvalue weighted by atomic mass is 9.99. The minimum Gasteiger partial charge on any atom is -0.486 e. The van der Waals surface area contributed by atoms with E-state index >= 15 is 0 Å². The number of carbonyl (C=O) groups is 2. The van der Waals surface area contributed by atoms with Crippen molar-refractivity contribution in [3.05, 3.63) is 118 Å². The maximum absolute atomic E-state index is 13.8. The lowest BCUT2D eigenvalue weighted by Gasteiger charge is -2.21. The van der Waals surface area contributed by atoms with Crippen molar-refractivity contribution >= 4 is 29.4 Å². The van der Waals surface area contributed by atoms with Crippen LogP contribution in [0.4, 0.5) is 0 Å². The third-order valence-corrected chi connectivity index (χ3v) is 6.12. The molecule has 0 spiro atoms. The normalized spacial score (nSPS) is 12.9. The van der Waals surface area contributed by atoms with E-state index in [2.05, 4.69) is 0 Å². The number of benzene rings is 3. The quantitative estimate of drug-likeness (QED) is 0.255. The van der Waals surface area contributed by atoms with Crippen molar-refractivity contribution in [1.82, 2.24) is 4.57 Å². The monoisotopic (exact) mass is 499 g/mol. The summed E-state index contributed by atoms with van der Waals surface area (Å²) in [6.07, 6.45) is 3.68. The van der Waals surface area contributed by atoms with E-state index in [0.717, 1.165) is 5.56 Å². The average molecular weight is 500 g/mol. The van der Waals surface area contributed by atoms with Crippen molar-refractivity contribution in [3.63, 3.8) is 0 Å². The molecule has 0 fully saturated rings. The van der Waals surface area contributed by atoms with E-state index < -0.39 is 5.97 Å². The van der Waals surface area contributed by atoms with Gasteiger partial charge in [0.05, 0.1) is 11.3 Å². The maximum Gasteiger partial charge on any atom is 0.331 e. The number of hydrogen-bond acceptors (Lipinski definition) is 4. The predicted molar refractivity (Wildman–Crippen MR) is 137 cm³/mol. The number of hydrogen-bond donors (Lipinski definition) is 1. The van der Waals surface area contributed by atoms with Gasteiger partial charge in [-0.25, -0.2) is 4.79 Å². The highest BCUT2D eigenvalue weighted by molar-refractivity contribution is 6.31. The van der Waals surface area contributed by atoms with Crippen LogP contribution in [0.3, 0.4) is 0 Å². The summed E-state index contributed by atoms with van der Waals surface area (Å²) in [5, 5.41) is 10.3. The van der Waals surface area contributed by atoms with E-state index in [1.165, 1.54) is 0 Å². The lowest BCUT2D eigenvalue weighted by molar-refractivity contribution is -0.132. The zero-order valence-electron chi connectivity index (χ0n) is 19.2. The van der Waals surface area contributed by atoms with Gasteiger partial charge in [0.2, 0.25) is 0 Å². The van der Waals surface area contributed by atoms with Gasteiger partial charge in [-0.05, 0) is 54.1 Å². The molecule has 36 heavy (non-hydrogen) atoms. The number of rotatable bonds is 7. The third kappa shape index (κ3) is 4.76. The van der Waals surface area contributed by atoms with Gasteiger partial charge in [0.1, 0.15) is 13.2 Å². The first-order chi connectivity index (χ1) is 17.5. The Morgan fingerprint density at radius 3 is 2.53 bits per heavy atom. The van der Waals surface area contributed by atoms with Crippen LogP contribution in [0.2, 0.25) is 5.02 Å². The van der Waals surface area contributed by atoms with E-state index in [-0.39, 0.29) is 17.8 Å². The molecule has 0 radical (unpaired) electrons. The molecule has 0 aliphatic carbocycles. The van der Waals surface area contributed by atoms with E-state index in [1.54, 1.807) is 65.4 Å². The number of aromatic nitrogens is 1. The molecule has 1 aromatic heterocycles.